The number of para-hydroxylation sites is 1. The molecule has 4 heterocycles. The third-order valence-corrected chi connectivity index (χ3v) is 6.83. The van der Waals surface area contributed by atoms with Crippen LogP contribution >= 0.6 is 0 Å². The Labute approximate surface area is 215 Å². The number of ether oxygens (including phenoxy) is 2. The van der Waals surface area contributed by atoms with Gasteiger partial charge in [0.05, 0.1) is 24.6 Å². The predicted molar refractivity (Wildman–Crippen MR) is 146 cm³/mol. The summed E-state index contributed by atoms with van der Waals surface area (Å²) < 4.78 is 11.9. The van der Waals surface area contributed by atoms with Crippen LogP contribution in [0.15, 0.2) is 71.8 Å². The van der Waals surface area contributed by atoms with E-state index in [1.165, 1.54) is 0 Å². The number of anilines is 3. The molecule has 2 aromatic heterocycles. The molecule has 2 aliphatic rings. The molecule has 37 heavy (non-hydrogen) atoms. The van der Waals surface area contributed by atoms with Gasteiger partial charge >= 0.3 is 0 Å². The van der Waals surface area contributed by atoms with E-state index in [0.29, 0.717) is 19.8 Å². The summed E-state index contributed by atoms with van der Waals surface area (Å²) in [5, 5.41) is 6.61. The Morgan fingerprint density at radius 1 is 1.00 bits per heavy atom. The molecule has 2 aliphatic heterocycles. The van der Waals surface area contributed by atoms with E-state index in [-0.39, 0.29) is 5.56 Å². The molecule has 8 heteroatoms. The van der Waals surface area contributed by atoms with Crippen molar-refractivity contribution in [3.8, 4) is 22.8 Å². The van der Waals surface area contributed by atoms with Gasteiger partial charge in [-0.1, -0.05) is 12.1 Å². The smallest absolute Gasteiger partial charge is 0.250 e. The van der Waals surface area contributed by atoms with Crippen molar-refractivity contribution in [2.24, 2.45) is 0 Å². The van der Waals surface area contributed by atoms with Crippen molar-refractivity contribution in [3.05, 3.63) is 94.0 Å². The molecule has 8 nitrogen and oxygen atoms in total. The number of aromatic nitrogens is 2. The summed E-state index contributed by atoms with van der Waals surface area (Å²) in [7, 11) is 1.89. The van der Waals surface area contributed by atoms with Gasteiger partial charge in [-0.2, -0.15) is 0 Å². The summed E-state index contributed by atoms with van der Waals surface area (Å²) in [6, 6.07) is 18.1. The molecule has 0 unspecified atom stereocenters. The summed E-state index contributed by atoms with van der Waals surface area (Å²) >= 11 is 0. The van der Waals surface area contributed by atoms with E-state index in [9.17, 15) is 4.79 Å². The molecule has 0 aliphatic carbocycles. The van der Waals surface area contributed by atoms with Crippen LogP contribution in [0.25, 0.3) is 11.3 Å². The summed E-state index contributed by atoms with van der Waals surface area (Å²) in [5.41, 5.74) is 7.74. The SMILES string of the molecule is CNc1cncc(CNc2ccc3c(c2)Cc2cccc(-c4cc(N5CCOCC5)cc(=O)[nH]4)c2O3)c1. The van der Waals surface area contributed by atoms with Gasteiger partial charge in [0.2, 0.25) is 5.56 Å². The van der Waals surface area contributed by atoms with Crippen LogP contribution in [0, 0.1) is 0 Å². The molecule has 2 aromatic carbocycles. The minimum absolute atomic E-state index is 0.126. The molecular formula is C29H29N5O3. The third-order valence-electron chi connectivity index (χ3n) is 6.83. The van der Waals surface area contributed by atoms with Crippen LogP contribution < -0.4 is 25.8 Å². The molecule has 0 atom stereocenters. The highest BCUT2D eigenvalue weighted by atomic mass is 16.5. The van der Waals surface area contributed by atoms with Crippen molar-refractivity contribution >= 4 is 17.1 Å². The molecule has 0 amide bonds. The van der Waals surface area contributed by atoms with E-state index in [0.717, 1.165) is 76.0 Å². The predicted octanol–water partition coefficient (Wildman–Crippen LogP) is 4.62. The van der Waals surface area contributed by atoms with Crippen LogP contribution in [0.5, 0.6) is 11.5 Å². The second kappa shape index (κ2) is 9.99. The van der Waals surface area contributed by atoms with Crippen LogP contribution in [-0.4, -0.2) is 43.3 Å². The van der Waals surface area contributed by atoms with Crippen molar-refractivity contribution in [1.29, 1.82) is 0 Å². The largest absolute Gasteiger partial charge is 0.456 e. The first-order chi connectivity index (χ1) is 18.2. The van der Waals surface area contributed by atoms with E-state index < -0.39 is 0 Å². The molecule has 0 radical (unpaired) electrons. The maximum atomic E-state index is 12.6. The fraction of sp³-hybridized carbons (Fsp3) is 0.241. The number of H-pyrrole nitrogens is 1. The second-order valence-electron chi connectivity index (χ2n) is 9.30. The summed E-state index contributed by atoms with van der Waals surface area (Å²) in [5.74, 6) is 1.62. The Bertz CT molecular complexity index is 1490. The van der Waals surface area contributed by atoms with E-state index in [1.54, 1.807) is 12.3 Å². The second-order valence-corrected chi connectivity index (χ2v) is 9.30. The van der Waals surface area contributed by atoms with Gasteiger partial charge in [0, 0.05) is 74.1 Å². The number of rotatable bonds is 6. The van der Waals surface area contributed by atoms with E-state index >= 15 is 0 Å². The van der Waals surface area contributed by atoms with Gasteiger partial charge in [-0.15, -0.1) is 0 Å². The average molecular weight is 496 g/mol. The zero-order valence-corrected chi connectivity index (χ0v) is 20.7. The fourth-order valence-corrected chi connectivity index (χ4v) is 4.90. The topological polar surface area (TPSA) is 91.5 Å². The zero-order chi connectivity index (χ0) is 25.2. The molecule has 0 saturated carbocycles. The standard InChI is InChI=1S/C29H29N5O3/c1-30-23-11-19(16-31-18-23)17-32-22-5-6-27-21(13-22)12-20-3-2-4-25(29(20)37-27)26-14-24(15-28(35)33-26)34-7-9-36-10-8-34/h2-6,11,13-16,18,30,32H,7-10,12,17H2,1H3,(H,33,35). The molecule has 188 valence electrons. The average Bonchev–Trinajstić information content (AvgIpc) is 2.95. The van der Waals surface area contributed by atoms with Crippen molar-refractivity contribution < 1.29 is 9.47 Å². The number of benzene rings is 2. The van der Waals surface area contributed by atoms with Gasteiger partial charge in [0.25, 0.3) is 0 Å². The number of hydrogen-bond donors (Lipinski definition) is 3. The number of pyridine rings is 2. The van der Waals surface area contributed by atoms with Crippen molar-refractivity contribution in [2.75, 3.05) is 48.9 Å². The highest BCUT2D eigenvalue weighted by Crippen LogP contribution is 2.43. The highest BCUT2D eigenvalue weighted by molar-refractivity contribution is 5.74. The maximum absolute atomic E-state index is 12.6. The first-order valence-corrected chi connectivity index (χ1v) is 12.5. The van der Waals surface area contributed by atoms with Gasteiger partial charge in [-0.25, -0.2) is 0 Å². The van der Waals surface area contributed by atoms with Crippen molar-refractivity contribution in [1.82, 2.24) is 9.97 Å². The Kier molecular flexibility index (Phi) is 6.24. The highest BCUT2D eigenvalue weighted by Gasteiger charge is 2.22. The number of morpholine rings is 1. The van der Waals surface area contributed by atoms with Crippen molar-refractivity contribution in [3.63, 3.8) is 0 Å². The lowest BCUT2D eigenvalue weighted by molar-refractivity contribution is 0.122. The monoisotopic (exact) mass is 495 g/mol. The maximum Gasteiger partial charge on any atom is 0.250 e. The number of nitrogens with zero attached hydrogens (tertiary/aromatic N) is 2. The third kappa shape index (κ3) is 4.88. The van der Waals surface area contributed by atoms with Crippen LogP contribution in [0.2, 0.25) is 0 Å². The van der Waals surface area contributed by atoms with Gasteiger partial charge < -0.3 is 30.0 Å². The number of aromatic amines is 1. The Hall–Kier alpha value is -4.30. The summed E-state index contributed by atoms with van der Waals surface area (Å²) in [6.07, 6.45) is 4.42. The number of hydrogen-bond acceptors (Lipinski definition) is 7. The van der Waals surface area contributed by atoms with Crippen molar-refractivity contribution in [2.45, 2.75) is 13.0 Å². The molecule has 1 fully saturated rings. The van der Waals surface area contributed by atoms with Crippen LogP contribution in [0.1, 0.15) is 16.7 Å². The molecular weight excluding hydrogens is 466 g/mol. The van der Waals surface area contributed by atoms with Crippen LogP contribution in [0.4, 0.5) is 17.1 Å². The van der Waals surface area contributed by atoms with E-state index in [1.807, 2.05) is 43.6 Å². The zero-order valence-electron chi connectivity index (χ0n) is 20.7. The number of nitrogens with one attached hydrogen (secondary N) is 3. The number of fused-ring (bicyclic) bond motifs is 2. The normalized spacial score (nSPS) is 14.4. The first-order valence-electron chi connectivity index (χ1n) is 12.5. The minimum atomic E-state index is -0.126. The quantitative estimate of drug-likeness (QED) is 0.317. The van der Waals surface area contributed by atoms with Gasteiger partial charge in [0.15, 0.2) is 0 Å². The van der Waals surface area contributed by atoms with E-state index in [4.69, 9.17) is 9.47 Å². The van der Waals surface area contributed by atoms with Gasteiger partial charge in [-0.05, 0) is 47.5 Å². The molecule has 6 rings (SSSR count). The van der Waals surface area contributed by atoms with E-state index in [2.05, 4.69) is 43.7 Å². The molecule has 4 aromatic rings. The Morgan fingerprint density at radius 3 is 2.76 bits per heavy atom. The lowest BCUT2D eigenvalue weighted by Crippen LogP contribution is -2.36. The van der Waals surface area contributed by atoms with Gasteiger partial charge in [0.1, 0.15) is 11.5 Å². The first kappa shape index (κ1) is 23.1. The molecule has 0 bridgehead atoms. The summed E-state index contributed by atoms with van der Waals surface area (Å²) in [6.45, 7) is 3.55. The minimum Gasteiger partial charge on any atom is -0.456 e. The molecule has 1 saturated heterocycles. The Balaban J connectivity index is 1.25. The lowest BCUT2D eigenvalue weighted by Gasteiger charge is -2.29. The lowest BCUT2D eigenvalue weighted by atomic mass is 9.96. The molecule has 3 N–H and O–H groups in total. The summed E-state index contributed by atoms with van der Waals surface area (Å²) in [4.78, 5) is 22.0. The van der Waals surface area contributed by atoms with Crippen LogP contribution in [-0.2, 0) is 17.7 Å². The fourth-order valence-electron chi connectivity index (χ4n) is 4.90. The molecule has 0 spiro atoms. The Morgan fingerprint density at radius 2 is 1.89 bits per heavy atom. The van der Waals surface area contributed by atoms with Gasteiger partial charge in [-0.3, -0.25) is 9.78 Å². The van der Waals surface area contributed by atoms with Crippen LogP contribution in [0.3, 0.4) is 0 Å².